The molecule has 0 aliphatic rings. The number of hydrogen-bond donors (Lipinski definition) is 2. The van der Waals surface area contributed by atoms with Crippen molar-refractivity contribution in [3.05, 3.63) is 72.8 Å². The highest BCUT2D eigenvalue weighted by molar-refractivity contribution is 7.92. The van der Waals surface area contributed by atoms with Gasteiger partial charge in [0.25, 0.3) is 10.0 Å². The predicted octanol–water partition coefficient (Wildman–Crippen LogP) is 2.32. The van der Waals surface area contributed by atoms with E-state index in [1.165, 1.54) is 9.21 Å². The number of nitrogens with one attached hydrogen (secondary N) is 1. The molecule has 6 heteroatoms. The average molecular weight is 414 g/mol. The molecule has 0 saturated carbocycles. The standard InChI is InChI=1S/C23H28N2O3S/c1-3-24(4-2)17-22(26)18-25(21-12-6-5-7-13-21)29(27,28)23-15-14-19-10-8-9-11-20(19)16-23/h5-16,22,26H,3-4,17-18H2,1-2H3/p+1/t22-/m1/s1. The molecule has 0 saturated heterocycles. The molecule has 0 spiro atoms. The number of para-hydroxylation sites is 1. The van der Waals surface area contributed by atoms with Crippen LogP contribution in [0.5, 0.6) is 0 Å². The molecular weight excluding hydrogens is 384 g/mol. The highest BCUT2D eigenvalue weighted by Crippen LogP contribution is 2.26. The Morgan fingerprint density at radius 2 is 1.52 bits per heavy atom. The first-order valence-corrected chi connectivity index (χ1v) is 11.5. The number of hydrogen-bond acceptors (Lipinski definition) is 3. The second kappa shape index (κ2) is 9.39. The van der Waals surface area contributed by atoms with Crippen LogP contribution in [0.1, 0.15) is 13.8 Å². The minimum absolute atomic E-state index is 0.0165. The van der Waals surface area contributed by atoms with Gasteiger partial charge in [0.2, 0.25) is 0 Å². The highest BCUT2D eigenvalue weighted by Gasteiger charge is 2.28. The first kappa shape index (κ1) is 21.3. The van der Waals surface area contributed by atoms with Crippen LogP contribution in [0.15, 0.2) is 77.7 Å². The molecule has 0 radical (unpaired) electrons. The molecule has 1 atom stereocenters. The van der Waals surface area contributed by atoms with Gasteiger partial charge in [-0.25, -0.2) is 8.42 Å². The Labute approximate surface area is 173 Å². The molecule has 3 aromatic carbocycles. The van der Waals surface area contributed by atoms with Crippen molar-refractivity contribution in [2.45, 2.75) is 24.8 Å². The highest BCUT2D eigenvalue weighted by atomic mass is 32.2. The summed E-state index contributed by atoms with van der Waals surface area (Å²) in [6.07, 6.45) is -0.764. The number of rotatable bonds is 9. The fourth-order valence-electron chi connectivity index (χ4n) is 3.52. The molecule has 0 amide bonds. The summed E-state index contributed by atoms with van der Waals surface area (Å²) in [5.74, 6) is 0. The van der Waals surface area contributed by atoms with E-state index in [0.717, 1.165) is 23.9 Å². The maximum atomic E-state index is 13.5. The van der Waals surface area contributed by atoms with Crippen molar-refractivity contribution < 1.29 is 18.4 Å². The van der Waals surface area contributed by atoms with Gasteiger partial charge >= 0.3 is 0 Å². The average Bonchev–Trinajstić information content (AvgIpc) is 2.76. The van der Waals surface area contributed by atoms with Gasteiger partial charge in [0.1, 0.15) is 12.6 Å². The zero-order valence-corrected chi connectivity index (χ0v) is 17.8. The summed E-state index contributed by atoms with van der Waals surface area (Å²) in [6.45, 7) is 6.41. The number of fused-ring (bicyclic) bond motifs is 1. The largest absolute Gasteiger partial charge is 0.385 e. The van der Waals surface area contributed by atoms with Gasteiger partial charge in [-0.3, -0.25) is 4.31 Å². The Morgan fingerprint density at radius 1 is 0.897 bits per heavy atom. The maximum absolute atomic E-state index is 13.5. The molecule has 0 aliphatic heterocycles. The number of benzene rings is 3. The van der Waals surface area contributed by atoms with Gasteiger partial charge < -0.3 is 10.0 Å². The second-order valence-corrected chi connectivity index (χ2v) is 9.06. The Balaban J connectivity index is 1.97. The van der Waals surface area contributed by atoms with E-state index in [4.69, 9.17) is 0 Å². The van der Waals surface area contributed by atoms with E-state index in [1.807, 2.05) is 36.4 Å². The van der Waals surface area contributed by atoms with Crippen molar-refractivity contribution in [3.63, 3.8) is 0 Å². The smallest absolute Gasteiger partial charge is 0.264 e. The van der Waals surface area contributed by atoms with Gasteiger partial charge in [-0.05, 0) is 48.9 Å². The first-order chi connectivity index (χ1) is 14.0. The predicted molar refractivity (Wildman–Crippen MR) is 118 cm³/mol. The van der Waals surface area contributed by atoms with Gasteiger partial charge in [0.05, 0.1) is 30.2 Å². The van der Waals surface area contributed by atoms with Crippen LogP contribution < -0.4 is 9.21 Å². The van der Waals surface area contributed by atoms with E-state index in [1.54, 1.807) is 36.4 Å². The van der Waals surface area contributed by atoms with Crippen LogP contribution in [0.2, 0.25) is 0 Å². The number of aliphatic hydroxyl groups is 1. The summed E-state index contributed by atoms with van der Waals surface area (Å²) >= 11 is 0. The molecule has 0 aromatic heterocycles. The zero-order valence-electron chi connectivity index (χ0n) is 17.0. The van der Waals surface area contributed by atoms with E-state index in [-0.39, 0.29) is 11.4 Å². The summed E-state index contributed by atoms with van der Waals surface area (Å²) in [5.41, 5.74) is 0.550. The van der Waals surface area contributed by atoms with Crippen molar-refractivity contribution in [1.29, 1.82) is 0 Å². The van der Waals surface area contributed by atoms with E-state index in [9.17, 15) is 13.5 Å². The SMILES string of the molecule is CC[NH+](CC)C[C@@H](O)CN(c1ccccc1)S(=O)(=O)c1ccc2ccccc2c1. The van der Waals surface area contributed by atoms with Crippen LogP contribution in [-0.2, 0) is 10.0 Å². The van der Waals surface area contributed by atoms with E-state index >= 15 is 0 Å². The number of sulfonamides is 1. The molecular formula is C23H29N2O3S+. The Kier molecular flexibility index (Phi) is 6.90. The van der Waals surface area contributed by atoms with E-state index in [2.05, 4.69) is 13.8 Å². The van der Waals surface area contributed by atoms with Crippen LogP contribution in [0, 0.1) is 0 Å². The van der Waals surface area contributed by atoms with Crippen molar-refractivity contribution in [2.24, 2.45) is 0 Å². The number of quaternary nitrogens is 1. The van der Waals surface area contributed by atoms with E-state index < -0.39 is 16.1 Å². The number of aliphatic hydroxyl groups excluding tert-OH is 1. The van der Waals surface area contributed by atoms with Crippen LogP contribution in [0.25, 0.3) is 10.8 Å². The summed E-state index contributed by atoms with van der Waals surface area (Å²) in [5, 5.41) is 12.5. The summed E-state index contributed by atoms with van der Waals surface area (Å²) in [7, 11) is -3.83. The Morgan fingerprint density at radius 3 is 2.17 bits per heavy atom. The third-order valence-corrected chi connectivity index (χ3v) is 7.04. The summed E-state index contributed by atoms with van der Waals surface area (Å²) in [6, 6.07) is 21.8. The van der Waals surface area contributed by atoms with Crippen molar-refractivity contribution >= 4 is 26.5 Å². The topological polar surface area (TPSA) is 62.1 Å². The Bertz CT molecular complexity index is 1030. The monoisotopic (exact) mass is 413 g/mol. The van der Waals surface area contributed by atoms with Gasteiger partial charge in [-0.15, -0.1) is 0 Å². The van der Waals surface area contributed by atoms with Crippen LogP contribution in [0.4, 0.5) is 5.69 Å². The lowest BCUT2D eigenvalue weighted by molar-refractivity contribution is -0.899. The van der Waals surface area contributed by atoms with Crippen molar-refractivity contribution in [3.8, 4) is 0 Å². The quantitative estimate of drug-likeness (QED) is 0.566. The molecule has 154 valence electrons. The number of nitrogens with zero attached hydrogens (tertiary/aromatic N) is 1. The van der Waals surface area contributed by atoms with Gasteiger partial charge in [-0.1, -0.05) is 48.5 Å². The normalized spacial score (nSPS) is 13.0. The Hall–Kier alpha value is -2.41. The van der Waals surface area contributed by atoms with Crippen molar-refractivity contribution in [1.82, 2.24) is 0 Å². The molecule has 29 heavy (non-hydrogen) atoms. The molecule has 0 unspecified atom stereocenters. The van der Waals surface area contributed by atoms with E-state index in [0.29, 0.717) is 12.2 Å². The van der Waals surface area contributed by atoms with Crippen LogP contribution in [0.3, 0.4) is 0 Å². The van der Waals surface area contributed by atoms with Gasteiger partial charge in [0, 0.05) is 0 Å². The van der Waals surface area contributed by atoms with Crippen LogP contribution in [-0.4, -0.2) is 45.8 Å². The summed E-state index contributed by atoms with van der Waals surface area (Å²) < 4.78 is 28.4. The fraction of sp³-hybridized carbons (Fsp3) is 0.304. The lowest BCUT2D eigenvalue weighted by Gasteiger charge is -2.28. The summed E-state index contributed by atoms with van der Waals surface area (Å²) in [4.78, 5) is 1.45. The van der Waals surface area contributed by atoms with Crippen LogP contribution >= 0.6 is 0 Å². The minimum Gasteiger partial charge on any atom is -0.385 e. The molecule has 0 aliphatic carbocycles. The fourth-order valence-corrected chi connectivity index (χ4v) is 5.06. The molecule has 0 fully saturated rings. The molecule has 0 heterocycles. The molecule has 3 aromatic rings. The molecule has 0 bridgehead atoms. The molecule has 5 nitrogen and oxygen atoms in total. The number of anilines is 1. The third kappa shape index (κ3) is 4.96. The van der Waals surface area contributed by atoms with Gasteiger partial charge in [0.15, 0.2) is 0 Å². The lowest BCUT2D eigenvalue weighted by Crippen LogP contribution is -3.12. The minimum atomic E-state index is -3.83. The molecule has 3 rings (SSSR count). The second-order valence-electron chi connectivity index (χ2n) is 7.20. The van der Waals surface area contributed by atoms with Gasteiger partial charge in [-0.2, -0.15) is 0 Å². The maximum Gasteiger partial charge on any atom is 0.264 e. The lowest BCUT2D eigenvalue weighted by atomic mass is 10.1. The van der Waals surface area contributed by atoms with Crippen molar-refractivity contribution in [2.75, 3.05) is 30.5 Å². The number of likely N-dealkylation sites (N-methyl/N-ethyl adjacent to an activating group) is 1. The third-order valence-electron chi connectivity index (χ3n) is 5.25. The zero-order chi connectivity index (χ0) is 20.9. The first-order valence-electron chi connectivity index (χ1n) is 10.0. The molecule has 2 N–H and O–H groups in total.